The molecule has 14 rings (SSSR count). The molecule has 1 aliphatic heterocycles. The molecule has 444 valence electrons. The van der Waals surface area contributed by atoms with Gasteiger partial charge in [-0.25, -0.2) is 4.98 Å². The summed E-state index contributed by atoms with van der Waals surface area (Å²) < 4.78 is 73.2. The maximum absolute atomic E-state index is 9.44. The second-order valence-corrected chi connectivity index (χ2v) is 29.8. The topological polar surface area (TPSA) is 38.5 Å². The van der Waals surface area contributed by atoms with Crippen LogP contribution >= 0.6 is 0 Å². The monoisotopic (exact) mass is 1360 g/mol. The number of benzene rings is 11. The number of hydrogen-bond donors (Lipinski definition) is 0. The van der Waals surface area contributed by atoms with Crippen molar-refractivity contribution in [3.63, 3.8) is 0 Å². The Balaban J connectivity index is 0.00000833. The summed E-state index contributed by atoms with van der Waals surface area (Å²) in [5.74, 6) is 0.504. The Bertz CT molecular complexity index is 4940. The van der Waals surface area contributed by atoms with E-state index in [1.165, 1.54) is 21.3 Å². The van der Waals surface area contributed by atoms with Gasteiger partial charge in [-0.15, -0.1) is 53.3 Å². The summed E-state index contributed by atoms with van der Waals surface area (Å²) >= 11 is 0. The van der Waals surface area contributed by atoms with Gasteiger partial charge in [-0.05, 0) is 95.3 Å². The molecule has 13 aromatic rings. The minimum Gasteiger partial charge on any atom is -0.509 e. The summed E-state index contributed by atoms with van der Waals surface area (Å²) in [6.07, 6.45) is 0. The molecule has 0 unspecified atom stereocenters. The van der Waals surface area contributed by atoms with Crippen LogP contribution < -0.4 is 35.3 Å². The third-order valence-corrected chi connectivity index (χ3v) is 21.9. The van der Waals surface area contributed by atoms with E-state index in [9.17, 15) is 2.74 Å². The molecule has 0 saturated carbocycles. The number of aryl methyl sites for hydroxylation is 1. The number of fused-ring (bicyclic) bond motifs is 5. The molecule has 8 heteroatoms. The molecule has 0 N–H and O–H groups in total. The Morgan fingerprint density at radius 1 is 0.483 bits per heavy atom. The number of imidazole rings is 1. The number of rotatable bonds is 11. The zero-order chi connectivity index (χ0) is 66.7. The number of hydrogen-bond acceptors (Lipinski definition) is 4. The van der Waals surface area contributed by atoms with E-state index in [2.05, 4.69) is 279 Å². The Kier molecular flexibility index (Phi) is 13.1. The molecule has 89 heavy (non-hydrogen) atoms. The van der Waals surface area contributed by atoms with Gasteiger partial charge in [0.05, 0.1) is 16.5 Å². The quantitative estimate of drug-likeness (QED) is 0.0735. The van der Waals surface area contributed by atoms with Gasteiger partial charge in [0.1, 0.15) is 0 Å². The van der Waals surface area contributed by atoms with Crippen LogP contribution in [-0.2, 0) is 44.3 Å². The zero-order valence-electron chi connectivity index (χ0n) is 58.4. The minimum absolute atomic E-state index is 0. The van der Waals surface area contributed by atoms with E-state index in [4.69, 9.17) is 16.6 Å². The summed E-state index contributed by atoms with van der Waals surface area (Å²) in [7, 11) is -3.38. The number of anilines is 4. The van der Waals surface area contributed by atoms with Gasteiger partial charge in [-0.1, -0.05) is 262 Å². The zero-order valence-corrected chi connectivity index (χ0v) is 54.7. The van der Waals surface area contributed by atoms with Crippen LogP contribution in [0.5, 0.6) is 11.5 Å². The molecule has 11 aromatic carbocycles. The molecule has 0 amide bonds. The fourth-order valence-corrected chi connectivity index (χ4v) is 18.4. The Morgan fingerprint density at radius 3 is 1.52 bits per heavy atom. The minimum atomic E-state index is -3.38. The second-order valence-electron chi connectivity index (χ2n) is 26.0. The van der Waals surface area contributed by atoms with Crippen molar-refractivity contribution in [2.75, 3.05) is 9.80 Å². The van der Waals surface area contributed by atoms with Crippen molar-refractivity contribution >= 4 is 84.4 Å². The normalized spacial score (nSPS) is 14.1. The molecule has 0 atom stereocenters. The van der Waals surface area contributed by atoms with Crippen molar-refractivity contribution in [1.82, 2.24) is 14.1 Å². The molecular formula is C81H72N5OPtSi-3. The van der Waals surface area contributed by atoms with Crippen LogP contribution in [0.2, 0.25) is 0 Å². The molecular weight excluding hydrogens is 1280 g/mol. The van der Waals surface area contributed by atoms with Crippen LogP contribution in [0.25, 0.3) is 61.0 Å². The molecule has 0 spiro atoms. The van der Waals surface area contributed by atoms with Crippen LogP contribution in [0.1, 0.15) is 88.6 Å². The fraction of sp³-hybridized carbons (Fsp3) is 0.160. The van der Waals surface area contributed by atoms with Crippen molar-refractivity contribution in [2.45, 2.75) is 78.6 Å². The van der Waals surface area contributed by atoms with Gasteiger partial charge in [-0.3, -0.25) is 0 Å². The third kappa shape index (κ3) is 10.1. The van der Waals surface area contributed by atoms with Crippen LogP contribution in [0.4, 0.5) is 22.7 Å². The maximum atomic E-state index is 9.44. The van der Waals surface area contributed by atoms with Gasteiger partial charge in [-0.2, -0.15) is 6.07 Å². The van der Waals surface area contributed by atoms with E-state index >= 15 is 0 Å². The average molecular weight is 1360 g/mol. The van der Waals surface area contributed by atoms with Gasteiger partial charge in [0.15, 0.2) is 8.07 Å². The van der Waals surface area contributed by atoms with E-state index in [0.29, 0.717) is 27.9 Å². The van der Waals surface area contributed by atoms with Crippen LogP contribution in [-0.4, -0.2) is 22.2 Å². The van der Waals surface area contributed by atoms with E-state index in [-0.39, 0.29) is 77.5 Å². The number of ether oxygens (including phenoxy) is 1. The second kappa shape index (κ2) is 22.9. The molecule has 0 aliphatic carbocycles. The van der Waals surface area contributed by atoms with E-state index in [0.717, 1.165) is 64.6 Å². The molecule has 0 fully saturated rings. The molecule has 2 aromatic heterocycles. The van der Waals surface area contributed by atoms with Gasteiger partial charge >= 0.3 is 0 Å². The SMILES string of the molecule is [2H]c1c([2H])c([2H])c2c(c1[2H])c1ccc(Oc3[c-]c(N4[CH-]N(c5c(-c6ccccc6)c(C(C)(C)C)c(C(C)(C)C)c(C(C)(C)C)c5-c5ccccc5)c5ccccc54)cc([Si](c4ccccc4)(c4ccccc4)c4ccccc4)c3)[c-]c1n2-c1nc2ccccc2n1C([2H])([2H])[2H].[Pt]. The number of nitrogens with zero attached hydrogens (tertiary/aromatic N) is 5. The van der Waals surface area contributed by atoms with E-state index < -0.39 is 27.1 Å². The van der Waals surface area contributed by atoms with Gasteiger partial charge in [0.25, 0.3) is 0 Å². The van der Waals surface area contributed by atoms with Crippen molar-refractivity contribution < 1.29 is 35.4 Å². The summed E-state index contributed by atoms with van der Waals surface area (Å²) in [6, 6.07) is 83.2. The third-order valence-electron chi connectivity index (χ3n) is 17.1. The molecule has 1 aliphatic rings. The molecule has 3 heterocycles. The largest absolute Gasteiger partial charge is 0.509 e. The van der Waals surface area contributed by atoms with E-state index in [1.54, 1.807) is 36.4 Å². The van der Waals surface area contributed by atoms with Crippen molar-refractivity contribution in [3.05, 3.63) is 284 Å². The predicted octanol–water partition coefficient (Wildman–Crippen LogP) is 18.1. The molecule has 0 saturated heterocycles. The standard InChI is InChI=1S/C81H72N5OSi.Pt/c1-79(2,3)74-72(55-32-16-11-17-33-55)77(73(56-34-18-12-19-35-56)75(80(4,5)6)76(74)81(7,8)9)85-54-84(69-46-30-31-47-70(69)85)57-50-59(52-63(51-57)88(60-36-20-13-21-37-60,61-38-22-14-23-39-61)62-40-24-15-25-41-62)87-58-48-49-65-64-42-26-28-44-67(64)86(71(65)53-58)78-82-66-43-27-29-45-68(66)83(78)10;/h11-49,51-52,54H,1-10H3;/q-3;/i10D3,26D,28D,42D,44D;. The molecule has 6 nitrogen and oxygen atoms in total. The summed E-state index contributed by atoms with van der Waals surface area (Å²) in [5, 5.41) is 5.02. The Morgan fingerprint density at radius 2 is 0.978 bits per heavy atom. The van der Waals surface area contributed by atoms with Crippen LogP contribution in [0.3, 0.4) is 0 Å². The summed E-state index contributed by atoms with van der Waals surface area (Å²) in [4.78, 5) is 9.57. The first-order valence-electron chi connectivity index (χ1n) is 33.6. The van der Waals surface area contributed by atoms with Crippen molar-refractivity contribution in [2.24, 2.45) is 6.98 Å². The van der Waals surface area contributed by atoms with Gasteiger partial charge in [0.2, 0.25) is 5.95 Å². The first-order valence-corrected chi connectivity index (χ1v) is 32.1. The van der Waals surface area contributed by atoms with Crippen LogP contribution in [0, 0.1) is 18.8 Å². The Hall–Kier alpha value is -9.00. The molecule has 0 radical (unpaired) electrons. The van der Waals surface area contributed by atoms with Crippen molar-refractivity contribution in [1.29, 1.82) is 0 Å². The average Bonchev–Trinajstić information content (AvgIpc) is 0.862. The first kappa shape index (κ1) is 50.9. The summed E-state index contributed by atoms with van der Waals surface area (Å²) in [5.41, 5.74) is 12.1. The van der Waals surface area contributed by atoms with Gasteiger partial charge < -0.3 is 23.7 Å². The van der Waals surface area contributed by atoms with Gasteiger partial charge in [0, 0.05) is 77.4 Å². The Labute approximate surface area is 549 Å². The predicted molar refractivity (Wildman–Crippen MR) is 371 cm³/mol. The molecule has 0 bridgehead atoms. The fourth-order valence-electron chi connectivity index (χ4n) is 13.6. The maximum Gasteiger partial charge on any atom is 0.213 e. The summed E-state index contributed by atoms with van der Waals surface area (Å²) in [6.45, 7) is 20.6. The van der Waals surface area contributed by atoms with Crippen LogP contribution in [0.15, 0.2) is 249 Å². The first-order chi connectivity index (χ1) is 45.4. The smallest absolute Gasteiger partial charge is 0.213 e. The number of aromatic nitrogens is 3. The van der Waals surface area contributed by atoms with E-state index in [1.807, 2.05) is 0 Å². The number of para-hydroxylation sites is 5. The van der Waals surface area contributed by atoms with Crippen molar-refractivity contribution in [3.8, 4) is 39.7 Å².